The Kier molecular flexibility index (Phi) is 8.28. The normalized spacial score (nSPS) is 12.6. The number of carbonyl (C=O) groups is 2. The minimum Gasteiger partial charge on any atom is -0.466 e. The molecule has 0 aliphatic carbocycles. The predicted octanol–water partition coefficient (Wildman–Crippen LogP) is 2.75. The van der Waals surface area contributed by atoms with E-state index in [4.69, 9.17) is 4.74 Å². The molecule has 0 saturated heterocycles. The van der Waals surface area contributed by atoms with Crippen LogP contribution in [0.4, 0.5) is 0 Å². The van der Waals surface area contributed by atoms with E-state index in [0.29, 0.717) is 12.3 Å². The van der Waals surface area contributed by atoms with Crippen molar-refractivity contribution >= 4 is 29.4 Å². The van der Waals surface area contributed by atoms with E-state index >= 15 is 0 Å². The van der Waals surface area contributed by atoms with E-state index in [1.54, 1.807) is 13.8 Å². The Balaban J connectivity index is 2.35. The SMILES string of the molecule is CCOC(=O)C/C(C)=N\NC(=O)[C@H](C)SCc1ccccc1. The third kappa shape index (κ3) is 7.26. The lowest BCUT2D eigenvalue weighted by Crippen LogP contribution is -2.28. The Bertz CT molecular complexity index is 517. The van der Waals surface area contributed by atoms with Gasteiger partial charge in [-0.05, 0) is 26.3 Å². The van der Waals surface area contributed by atoms with E-state index in [9.17, 15) is 9.59 Å². The summed E-state index contributed by atoms with van der Waals surface area (Å²) in [6.07, 6.45) is 0.0830. The summed E-state index contributed by atoms with van der Waals surface area (Å²) in [6, 6.07) is 9.97. The second-order valence-corrected chi connectivity index (χ2v) is 6.07. The van der Waals surface area contributed by atoms with Crippen LogP contribution in [-0.4, -0.2) is 29.4 Å². The molecule has 1 amide bonds. The van der Waals surface area contributed by atoms with Crippen LogP contribution < -0.4 is 5.43 Å². The van der Waals surface area contributed by atoms with Gasteiger partial charge in [0.1, 0.15) is 0 Å². The average Bonchev–Trinajstić information content (AvgIpc) is 2.51. The Labute approximate surface area is 135 Å². The molecule has 0 fully saturated rings. The molecule has 0 aromatic heterocycles. The van der Waals surface area contributed by atoms with Crippen LogP contribution in [0.3, 0.4) is 0 Å². The van der Waals surface area contributed by atoms with E-state index in [1.807, 2.05) is 37.3 Å². The highest BCUT2D eigenvalue weighted by atomic mass is 32.2. The fourth-order valence-electron chi connectivity index (χ4n) is 1.57. The van der Waals surface area contributed by atoms with Gasteiger partial charge in [-0.15, -0.1) is 11.8 Å². The highest BCUT2D eigenvalue weighted by molar-refractivity contribution is 7.99. The highest BCUT2D eigenvalue weighted by Gasteiger charge is 2.13. The predicted molar refractivity (Wildman–Crippen MR) is 89.7 cm³/mol. The Morgan fingerprint density at radius 1 is 1.32 bits per heavy atom. The van der Waals surface area contributed by atoms with Crippen molar-refractivity contribution in [3.05, 3.63) is 35.9 Å². The Morgan fingerprint density at radius 2 is 2.00 bits per heavy atom. The summed E-state index contributed by atoms with van der Waals surface area (Å²) in [5.41, 5.74) is 4.18. The minimum absolute atomic E-state index is 0.0830. The summed E-state index contributed by atoms with van der Waals surface area (Å²) in [5.74, 6) is 0.245. The molecular weight excluding hydrogens is 300 g/mol. The van der Waals surface area contributed by atoms with Gasteiger partial charge >= 0.3 is 5.97 Å². The van der Waals surface area contributed by atoms with Gasteiger partial charge in [-0.25, -0.2) is 5.43 Å². The third-order valence-electron chi connectivity index (χ3n) is 2.77. The lowest BCUT2D eigenvalue weighted by Gasteiger charge is -2.10. The molecule has 120 valence electrons. The van der Waals surface area contributed by atoms with Crippen molar-refractivity contribution in [1.29, 1.82) is 0 Å². The quantitative estimate of drug-likeness (QED) is 0.454. The number of carbonyl (C=O) groups excluding carboxylic acids is 2. The summed E-state index contributed by atoms with van der Waals surface area (Å²) in [7, 11) is 0. The molecule has 1 aromatic rings. The van der Waals surface area contributed by atoms with Crippen LogP contribution in [0.1, 0.15) is 32.8 Å². The van der Waals surface area contributed by atoms with Crippen molar-refractivity contribution in [3.63, 3.8) is 0 Å². The molecule has 0 radical (unpaired) electrons. The molecule has 5 nitrogen and oxygen atoms in total. The van der Waals surface area contributed by atoms with E-state index in [0.717, 1.165) is 5.75 Å². The maximum absolute atomic E-state index is 11.9. The lowest BCUT2D eigenvalue weighted by molar-refractivity contribution is -0.141. The number of amides is 1. The van der Waals surface area contributed by atoms with Crippen molar-refractivity contribution in [3.8, 4) is 0 Å². The second kappa shape index (κ2) is 10.00. The maximum Gasteiger partial charge on any atom is 0.311 e. The van der Waals surface area contributed by atoms with Crippen molar-refractivity contribution in [2.75, 3.05) is 6.61 Å². The smallest absolute Gasteiger partial charge is 0.311 e. The van der Waals surface area contributed by atoms with Gasteiger partial charge in [0.2, 0.25) is 0 Å². The van der Waals surface area contributed by atoms with Gasteiger partial charge in [-0.3, -0.25) is 9.59 Å². The van der Waals surface area contributed by atoms with Crippen molar-refractivity contribution in [2.24, 2.45) is 5.10 Å². The standard InChI is InChI=1S/C16H22N2O3S/c1-4-21-15(19)10-12(2)17-18-16(20)13(3)22-11-14-8-6-5-7-9-14/h5-9,13H,4,10-11H2,1-3H3,(H,18,20)/b17-12-/t13-/m0/s1. The number of nitrogens with zero attached hydrogens (tertiary/aromatic N) is 1. The molecular formula is C16H22N2O3S. The van der Waals surface area contributed by atoms with Gasteiger partial charge in [-0.1, -0.05) is 30.3 Å². The van der Waals surface area contributed by atoms with Gasteiger partial charge in [0, 0.05) is 11.5 Å². The number of rotatable bonds is 8. The molecule has 0 spiro atoms. The molecule has 0 saturated carbocycles. The maximum atomic E-state index is 11.9. The molecule has 0 bridgehead atoms. The second-order valence-electron chi connectivity index (χ2n) is 4.74. The van der Waals surface area contributed by atoms with E-state index in [-0.39, 0.29) is 23.5 Å². The Hall–Kier alpha value is -1.82. The van der Waals surface area contributed by atoms with Gasteiger partial charge < -0.3 is 4.74 Å². The first kappa shape index (κ1) is 18.2. The molecule has 1 atom stereocenters. The summed E-state index contributed by atoms with van der Waals surface area (Å²) in [6.45, 7) is 5.60. The number of benzene rings is 1. The van der Waals surface area contributed by atoms with Gasteiger partial charge in [0.25, 0.3) is 5.91 Å². The number of hydrogen-bond acceptors (Lipinski definition) is 5. The summed E-state index contributed by atoms with van der Waals surface area (Å²) >= 11 is 1.54. The number of hydrazone groups is 1. The molecule has 22 heavy (non-hydrogen) atoms. The van der Waals surface area contributed by atoms with E-state index in [2.05, 4.69) is 10.5 Å². The number of esters is 1. The monoisotopic (exact) mass is 322 g/mol. The van der Waals surface area contributed by atoms with Gasteiger partial charge in [-0.2, -0.15) is 5.10 Å². The van der Waals surface area contributed by atoms with Crippen LogP contribution in [-0.2, 0) is 20.1 Å². The topological polar surface area (TPSA) is 67.8 Å². The number of nitrogens with one attached hydrogen (secondary N) is 1. The molecule has 0 unspecified atom stereocenters. The molecule has 0 aliphatic rings. The number of ether oxygens (including phenoxy) is 1. The highest BCUT2D eigenvalue weighted by Crippen LogP contribution is 2.17. The average molecular weight is 322 g/mol. The van der Waals surface area contributed by atoms with Crippen molar-refractivity contribution in [1.82, 2.24) is 5.43 Å². The molecule has 1 rings (SSSR count). The van der Waals surface area contributed by atoms with Gasteiger partial charge in [0.05, 0.1) is 18.3 Å². The largest absolute Gasteiger partial charge is 0.466 e. The summed E-state index contributed by atoms with van der Waals surface area (Å²) in [5, 5.41) is 3.70. The molecule has 1 aromatic carbocycles. The fourth-order valence-corrected chi connectivity index (χ4v) is 2.41. The van der Waals surface area contributed by atoms with Crippen LogP contribution in [0.15, 0.2) is 35.4 Å². The first-order valence-corrected chi connectivity index (χ1v) is 8.22. The third-order valence-corrected chi connectivity index (χ3v) is 3.99. The Morgan fingerprint density at radius 3 is 2.64 bits per heavy atom. The van der Waals surface area contributed by atoms with Crippen LogP contribution in [0, 0.1) is 0 Å². The van der Waals surface area contributed by atoms with Gasteiger partial charge in [0.15, 0.2) is 0 Å². The van der Waals surface area contributed by atoms with Crippen LogP contribution in [0.25, 0.3) is 0 Å². The van der Waals surface area contributed by atoms with Crippen molar-refractivity contribution in [2.45, 2.75) is 38.2 Å². The molecule has 1 N–H and O–H groups in total. The molecule has 6 heteroatoms. The van der Waals surface area contributed by atoms with Crippen molar-refractivity contribution < 1.29 is 14.3 Å². The zero-order valence-corrected chi connectivity index (χ0v) is 14.0. The van der Waals surface area contributed by atoms with Crippen LogP contribution in [0.5, 0.6) is 0 Å². The molecule has 0 aliphatic heterocycles. The lowest BCUT2D eigenvalue weighted by atomic mass is 10.2. The zero-order valence-electron chi connectivity index (χ0n) is 13.2. The summed E-state index contributed by atoms with van der Waals surface area (Å²) in [4.78, 5) is 23.2. The van der Waals surface area contributed by atoms with Crippen LogP contribution >= 0.6 is 11.8 Å². The summed E-state index contributed by atoms with van der Waals surface area (Å²) < 4.78 is 4.82. The zero-order chi connectivity index (χ0) is 16.4. The fraction of sp³-hybridized carbons (Fsp3) is 0.438. The molecule has 0 heterocycles. The number of thioether (sulfide) groups is 1. The van der Waals surface area contributed by atoms with Crippen LogP contribution in [0.2, 0.25) is 0 Å². The minimum atomic E-state index is -0.343. The van der Waals surface area contributed by atoms with E-state index < -0.39 is 0 Å². The van der Waals surface area contributed by atoms with E-state index in [1.165, 1.54) is 17.3 Å². The first-order valence-electron chi connectivity index (χ1n) is 7.17. The first-order chi connectivity index (χ1) is 10.5. The number of hydrogen-bond donors (Lipinski definition) is 1.